The lowest BCUT2D eigenvalue weighted by Gasteiger charge is -2.26. The molecule has 21 heteroatoms. The second-order valence-electron chi connectivity index (χ2n) is 10.1. The van der Waals surface area contributed by atoms with Crippen molar-refractivity contribution in [3.63, 3.8) is 0 Å². The maximum absolute atomic E-state index is 15.6. The molecule has 2 bridgehead atoms. The Morgan fingerprint density at radius 1 is 1.15 bits per heavy atom. The van der Waals surface area contributed by atoms with Gasteiger partial charge in [0.25, 0.3) is 5.56 Å². The first-order valence-electron chi connectivity index (χ1n) is 12.6. The molecule has 41 heavy (non-hydrogen) atoms. The quantitative estimate of drug-likeness (QED) is 0.204. The number of H-pyrrole nitrogens is 1. The molecule has 3 fully saturated rings. The summed E-state index contributed by atoms with van der Waals surface area (Å²) in [6, 6.07) is 0.144. The number of aromatic nitrogens is 7. The summed E-state index contributed by atoms with van der Waals surface area (Å²) in [5, 5.41) is 11.0. The highest BCUT2D eigenvalue weighted by molar-refractivity contribution is 8.44. The number of halogens is 1. The predicted molar refractivity (Wildman–Crippen MR) is 149 cm³/mol. The van der Waals surface area contributed by atoms with Crippen LogP contribution in [0.1, 0.15) is 25.3 Å². The third-order valence-electron chi connectivity index (χ3n) is 7.32. The number of hydrogen-bond donors (Lipinski definition) is 5. The van der Waals surface area contributed by atoms with Crippen LogP contribution in [-0.2, 0) is 27.2 Å². The minimum Gasteiger partial charge on any atom is -0.369 e. The molecular formula is C20H26FN9O7P2S2. The second-order valence-corrected chi connectivity index (χ2v) is 15.8. The zero-order chi connectivity index (χ0) is 28.9. The molecule has 0 unspecified atom stereocenters. The Balaban J connectivity index is 1.27. The minimum atomic E-state index is -4.06. The molecule has 3 aromatic heterocycles. The highest BCUT2D eigenvalue weighted by Crippen LogP contribution is 2.61. The Labute approximate surface area is 242 Å². The van der Waals surface area contributed by atoms with Gasteiger partial charge in [0, 0.05) is 12.1 Å². The molecule has 4 heterocycles. The third kappa shape index (κ3) is 6.18. The number of thiol groups is 2. The van der Waals surface area contributed by atoms with E-state index in [1.165, 1.54) is 17.2 Å². The molecule has 9 atom stereocenters. The fourth-order valence-electron chi connectivity index (χ4n) is 5.53. The molecule has 2 saturated carbocycles. The lowest BCUT2D eigenvalue weighted by Crippen LogP contribution is -2.33. The van der Waals surface area contributed by atoms with Crippen molar-refractivity contribution in [1.29, 1.82) is 0 Å². The normalized spacial score (nSPS) is 38.1. The van der Waals surface area contributed by atoms with Crippen molar-refractivity contribution < 1.29 is 31.6 Å². The standard InChI is InChI=1S/C20H26FN9O7P2S2/c21-15-11(25-14-1-2-23-8-24-14)5-10-7-35-38(32,40)36-13-4-9(6-34-39(33,41)37-17(10)15)3-12(13)30-18-16(28-29-30)19(31)27-20(22)26-18/h1-2,8-13,15,17H,3-7H2,(H,32,40)(H,33,41)(H,23,24,25)(H3,22,26,27,31)/t9-,10+,11+,12+,13+,15-,17+,38+,39+/m0/s1. The van der Waals surface area contributed by atoms with E-state index in [0.717, 1.165) is 0 Å². The first kappa shape index (κ1) is 29.0. The van der Waals surface area contributed by atoms with Crippen LogP contribution in [-0.4, -0.2) is 72.6 Å². The highest BCUT2D eigenvalue weighted by atomic mass is 32.7. The van der Waals surface area contributed by atoms with Gasteiger partial charge in [-0.15, -0.1) is 5.10 Å². The minimum absolute atomic E-state index is 0.0381. The Morgan fingerprint density at radius 2 is 1.93 bits per heavy atom. The molecule has 0 spiro atoms. The first-order valence-corrected chi connectivity index (χ1v) is 18.0. The smallest absolute Gasteiger partial charge is 0.369 e. The van der Waals surface area contributed by atoms with Crippen LogP contribution in [0.5, 0.6) is 0 Å². The van der Waals surface area contributed by atoms with Crippen LogP contribution in [0, 0.1) is 11.8 Å². The van der Waals surface area contributed by atoms with E-state index in [4.69, 9.17) is 23.8 Å². The fraction of sp³-hybridized carbons (Fsp3) is 0.600. The molecule has 2 aliphatic carbocycles. The lowest BCUT2D eigenvalue weighted by atomic mass is 10.1. The van der Waals surface area contributed by atoms with E-state index in [0.29, 0.717) is 12.2 Å². The van der Waals surface area contributed by atoms with Crippen LogP contribution in [0.25, 0.3) is 11.2 Å². The first-order chi connectivity index (χ1) is 19.5. The number of fused-ring (bicyclic) bond motifs is 4. The van der Waals surface area contributed by atoms with Gasteiger partial charge in [0.15, 0.2) is 11.2 Å². The number of nitrogens with zero attached hydrogens (tertiary/aromatic N) is 6. The van der Waals surface area contributed by atoms with Crippen molar-refractivity contribution in [2.45, 2.75) is 49.7 Å². The summed E-state index contributed by atoms with van der Waals surface area (Å²) >= 11 is 8.29. The molecule has 1 saturated heterocycles. The fourth-order valence-corrected chi connectivity index (χ4v) is 8.68. The largest absolute Gasteiger partial charge is 0.386 e. The maximum Gasteiger partial charge on any atom is 0.386 e. The molecule has 16 nitrogen and oxygen atoms in total. The number of alkyl halides is 1. The number of nitrogens with one attached hydrogen (secondary N) is 2. The van der Waals surface area contributed by atoms with Crippen molar-refractivity contribution in [2.75, 3.05) is 24.3 Å². The van der Waals surface area contributed by atoms with Crippen molar-refractivity contribution >= 4 is 61.0 Å². The number of aromatic amines is 1. The number of anilines is 2. The van der Waals surface area contributed by atoms with Gasteiger partial charge in [0.1, 0.15) is 24.4 Å². The molecule has 6 rings (SSSR count). The number of nitrogens with two attached hydrogens (primary N) is 1. The summed E-state index contributed by atoms with van der Waals surface area (Å²) < 4.78 is 66.4. The van der Waals surface area contributed by atoms with Crippen LogP contribution < -0.4 is 16.6 Å². The lowest BCUT2D eigenvalue weighted by molar-refractivity contribution is 0.0512. The van der Waals surface area contributed by atoms with Gasteiger partial charge >= 0.3 is 13.6 Å². The van der Waals surface area contributed by atoms with Crippen molar-refractivity contribution in [1.82, 2.24) is 34.9 Å². The van der Waals surface area contributed by atoms with Gasteiger partial charge in [-0.3, -0.25) is 18.8 Å². The average molecular weight is 650 g/mol. The Morgan fingerprint density at radius 3 is 2.71 bits per heavy atom. The summed E-state index contributed by atoms with van der Waals surface area (Å²) in [5.74, 6) is -0.791. The van der Waals surface area contributed by atoms with Gasteiger partial charge in [0.05, 0.1) is 31.4 Å². The van der Waals surface area contributed by atoms with E-state index in [1.54, 1.807) is 6.07 Å². The molecule has 0 radical (unpaired) electrons. The van der Waals surface area contributed by atoms with Gasteiger partial charge in [-0.1, -0.05) is 29.7 Å². The molecule has 3 aliphatic rings. The number of nitrogen functional groups attached to an aromatic ring is 1. The van der Waals surface area contributed by atoms with Gasteiger partial charge in [-0.2, -0.15) is 4.98 Å². The van der Waals surface area contributed by atoms with Crippen LogP contribution >= 0.6 is 38.1 Å². The van der Waals surface area contributed by atoms with E-state index in [1.807, 2.05) is 0 Å². The molecule has 0 amide bonds. The molecule has 3 aromatic rings. The van der Waals surface area contributed by atoms with Crippen molar-refractivity contribution in [3.8, 4) is 0 Å². The zero-order valence-corrected chi connectivity index (χ0v) is 24.7. The topological polar surface area (TPSA) is 211 Å². The summed E-state index contributed by atoms with van der Waals surface area (Å²) in [5.41, 5.74) is 5.22. The number of rotatable bonds is 3. The monoisotopic (exact) mass is 649 g/mol. The van der Waals surface area contributed by atoms with E-state index in [2.05, 4.69) is 60.1 Å². The maximum atomic E-state index is 15.6. The van der Waals surface area contributed by atoms with Crippen LogP contribution in [0.15, 0.2) is 23.4 Å². The van der Waals surface area contributed by atoms with Gasteiger partial charge in [0.2, 0.25) is 5.95 Å². The predicted octanol–water partition coefficient (Wildman–Crippen LogP) is 2.57. The van der Waals surface area contributed by atoms with E-state index < -0.39 is 55.5 Å². The zero-order valence-electron chi connectivity index (χ0n) is 21.1. The second kappa shape index (κ2) is 11.2. The van der Waals surface area contributed by atoms with Crippen molar-refractivity contribution in [3.05, 3.63) is 28.9 Å². The number of hydrogen-bond acceptors (Lipinski definition) is 14. The summed E-state index contributed by atoms with van der Waals surface area (Å²) in [4.78, 5) is 26.7. The SMILES string of the molecule is Nc1nc2c(nnn2[C@@H]2C[C@@H]3CO[P@@](=O)(S)O[C@@H]4[C@@H](CO[P@@](=O)(S)O[C@@H]2C3)C[C@@H](Nc2ccncn2)[C@@H]4F)c(=O)[nH]1. The van der Waals surface area contributed by atoms with Crippen LogP contribution in [0.2, 0.25) is 0 Å². The molecular weight excluding hydrogens is 623 g/mol. The Bertz CT molecular complexity index is 1590. The summed E-state index contributed by atoms with van der Waals surface area (Å²) in [6.07, 6.45) is -0.183. The van der Waals surface area contributed by atoms with Gasteiger partial charge in [-0.25, -0.2) is 28.2 Å². The van der Waals surface area contributed by atoms with Gasteiger partial charge < -0.3 is 20.1 Å². The summed E-state index contributed by atoms with van der Waals surface area (Å²) in [6.45, 7) is -8.48. The average Bonchev–Trinajstić information content (AvgIpc) is 3.58. The third-order valence-corrected chi connectivity index (χ3v) is 10.6. The molecule has 222 valence electrons. The van der Waals surface area contributed by atoms with Crippen LogP contribution in [0.4, 0.5) is 16.2 Å². The molecule has 0 aromatic carbocycles. The summed E-state index contributed by atoms with van der Waals surface area (Å²) in [7, 11) is 0. The van der Waals surface area contributed by atoms with E-state index in [-0.39, 0.29) is 49.1 Å². The Hall–Kier alpha value is -2.11. The van der Waals surface area contributed by atoms with Gasteiger partial charge in [-0.05, 0) is 31.2 Å². The molecule has 1 aliphatic heterocycles. The Kier molecular flexibility index (Phi) is 7.91. The molecule has 4 N–H and O–H groups in total. The highest BCUT2D eigenvalue weighted by Gasteiger charge is 2.50. The van der Waals surface area contributed by atoms with Crippen molar-refractivity contribution in [2.24, 2.45) is 11.8 Å². The van der Waals surface area contributed by atoms with E-state index >= 15 is 4.39 Å². The van der Waals surface area contributed by atoms with E-state index in [9.17, 15) is 13.9 Å². The van der Waals surface area contributed by atoms with Crippen LogP contribution in [0.3, 0.4) is 0 Å².